The minimum absolute atomic E-state index is 0.0359. The molecule has 0 radical (unpaired) electrons. The number of nitrogens with zero attached hydrogens (tertiary/aromatic N) is 3. The standard InChI is InChI=1S/C11H11N5O2/c12-8-4-1-6(5-13-8)11-15-9(16-18-11)10(17)14-7-2-3-7/h1,4-5,7H,2-3H2,(H2,12,13)(H,14,17). The third-order valence-corrected chi connectivity index (χ3v) is 2.57. The SMILES string of the molecule is Nc1ccc(-c2nc(C(=O)NC3CC3)no2)cn1. The summed E-state index contributed by atoms with van der Waals surface area (Å²) >= 11 is 0. The van der Waals surface area contributed by atoms with Crippen LogP contribution < -0.4 is 11.1 Å². The molecular weight excluding hydrogens is 234 g/mol. The molecule has 1 saturated carbocycles. The molecule has 2 aromatic heterocycles. The molecule has 1 fully saturated rings. The average molecular weight is 245 g/mol. The zero-order valence-electron chi connectivity index (χ0n) is 9.46. The quantitative estimate of drug-likeness (QED) is 0.820. The number of carbonyl (C=O) groups is 1. The molecule has 0 unspecified atom stereocenters. The lowest BCUT2D eigenvalue weighted by Crippen LogP contribution is -2.26. The Balaban J connectivity index is 1.79. The van der Waals surface area contributed by atoms with Gasteiger partial charge >= 0.3 is 0 Å². The number of nitrogens with one attached hydrogen (secondary N) is 1. The fourth-order valence-electron chi connectivity index (χ4n) is 1.44. The van der Waals surface area contributed by atoms with E-state index in [2.05, 4.69) is 20.4 Å². The van der Waals surface area contributed by atoms with Crippen molar-refractivity contribution in [1.29, 1.82) is 0 Å². The summed E-state index contributed by atoms with van der Waals surface area (Å²) in [7, 11) is 0. The van der Waals surface area contributed by atoms with Crippen molar-refractivity contribution in [2.75, 3.05) is 5.73 Å². The Morgan fingerprint density at radius 2 is 2.28 bits per heavy atom. The summed E-state index contributed by atoms with van der Waals surface area (Å²) in [6.45, 7) is 0. The highest BCUT2D eigenvalue weighted by Gasteiger charge is 2.26. The molecular formula is C11H11N5O2. The van der Waals surface area contributed by atoms with Gasteiger partial charge in [0.05, 0.1) is 5.56 Å². The van der Waals surface area contributed by atoms with Crippen LogP contribution in [0.4, 0.5) is 5.82 Å². The van der Waals surface area contributed by atoms with Gasteiger partial charge < -0.3 is 15.6 Å². The number of carbonyl (C=O) groups excluding carboxylic acids is 1. The lowest BCUT2D eigenvalue weighted by molar-refractivity contribution is 0.0937. The van der Waals surface area contributed by atoms with Gasteiger partial charge in [0.15, 0.2) is 0 Å². The van der Waals surface area contributed by atoms with E-state index in [1.165, 1.54) is 6.20 Å². The number of nitrogens with two attached hydrogens (primary N) is 1. The van der Waals surface area contributed by atoms with Crippen molar-refractivity contribution < 1.29 is 9.32 Å². The highest BCUT2D eigenvalue weighted by atomic mass is 16.5. The molecule has 0 aromatic carbocycles. The first-order chi connectivity index (χ1) is 8.72. The van der Waals surface area contributed by atoms with Crippen LogP contribution in [0.3, 0.4) is 0 Å². The first-order valence-electron chi connectivity index (χ1n) is 5.59. The summed E-state index contributed by atoms with van der Waals surface area (Å²) < 4.78 is 5.01. The van der Waals surface area contributed by atoms with Gasteiger partial charge in [-0.3, -0.25) is 4.79 Å². The molecule has 2 heterocycles. The van der Waals surface area contributed by atoms with Crippen LogP contribution in [0.1, 0.15) is 23.5 Å². The topological polar surface area (TPSA) is 107 Å². The Hall–Kier alpha value is -2.44. The zero-order valence-corrected chi connectivity index (χ0v) is 9.46. The number of hydrogen-bond donors (Lipinski definition) is 2. The van der Waals surface area contributed by atoms with Gasteiger partial charge in [0, 0.05) is 12.2 Å². The number of rotatable bonds is 3. The predicted molar refractivity (Wildman–Crippen MR) is 62.4 cm³/mol. The van der Waals surface area contributed by atoms with Gasteiger partial charge in [0.25, 0.3) is 17.6 Å². The van der Waals surface area contributed by atoms with E-state index < -0.39 is 0 Å². The Morgan fingerprint density at radius 3 is 2.94 bits per heavy atom. The van der Waals surface area contributed by atoms with Crippen LogP contribution in [0.5, 0.6) is 0 Å². The molecule has 1 amide bonds. The molecule has 0 atom stereocenters. The number of pyridine rings is 1. The fraction of sp³-hybridized carbons (Fsp3) is 0.273. The maximum atomic E-state index is 11.7. The molecule has 18 heavy (non-hydrogen) atoms. The lowest BCUT2D eigenvalue weighted by atomic mass is 10.3. The third-order valence-electron chi connectivity index (χ3n) is 2.57. The molecule has 1 aliphatic rings. The Labute approximate surface area is 102 Å². The largest absolute Gasteiger partial charge is 0.384 e. The normalized spacial score (nSPS) is 14.4. The van der Waals surface area contributed by atoms with E-state index in [1.54, 1.807) is 12.1 Å². The predicted octanol–water partition coefficient (Wildman–Crippen LogP) is 0.606. The first kappa shape index (κ1) is 10.7. The molecule has 0 spiro atoms. The van der Waals surface area contributed by atoms with Gasteiger partial charge in [-0.2, -0.15) is 4.98 Å². The van der Waals surface area contributed by atoms with E-state index in [-0.39, 0.29) is 23.7 Å². The average Bonchev–Trinajstić information content (AvgIpc) is 3.04. The number of aromatic nitrogens is 3. The van der Waals surface area contributed by atoms with Gasteiger partial charge in [-0.05, 0) is 25.0 Å². The summed E-state index contributed by atoms with van der Waals surface area (Å²) in [6, 6.07) is 3.60. The minimum atomic E-state index is -0.309. The first-order valence-corrected chi connectivity index (χ1v) is 5.59. The maximum Gasteiger partial charge on any atom is 0.292 e. The Bertz CT molecular complexity index is 573. The number of hydrogen-bond acceptors (Lipinski definition) is 6. The molecule has 0 aliphatic heterocycles. The van der Waals surface area contributed by atoms with E-state index in [9.17, 15) is 4.79 Å². The Kier molecular flexibility index (Phi) is 2.44. The zero-order chi connectivity index (χ0) is 12.5. The molecule has 1 aliphatic carbocycles. The van der Waals surface area contributed by atoms with E-state index in [0.717, 1.165) is 12.8 Å². The van der Waals surface area contributed by atoms with E-state index in [0.29, 0.717) is 11.4 Å². The highest BCUT2D eigenvalue weighted by molar-refractivity contribution is 5.91. The van der Waals surface area contributed by atoms with Crippen LogP contribution in [0, 0.1) is 0 Å². The van der Waals surface area contributed by atoms with Crippen LogP contribution in [-0.2, 0) is 0 Å². The maximum absolute atomic E-state index is 11.7. The van der Waals surface area contributed by atoms with Crippen molar-refractivity contribution >= 4 is 11.7 Å². The Morgan fingerprint density at radius 1 is 1.44 bits per heavy atom. The van der Waals surface area contributed by atoms with Crippen molar-refractivity contribution in [2.24, 2.45) is 0 Å². The number of amides is 1. The summed E-state index contributed by atoms with van der Waals surface area (Å²) in [6.07, 6.45) is 3.54. The van der Waals surface area contributed by atoms with Crippen LogP contribution in [-0.4, -0.2) is 27.1 Å². The van der Waals surface area contributed by atoms with Gasteiger partial charge in [-0.1, -0.05) is 5.16 Å². The second-order valence-corrected chi connectivity index (χ2v) is 4.14. The van der Waals surface area contributed by atoms with Crippen LogP contribution in [0.15, 0.2) is 22.9 Å². The summed E-state index contributed by atoms with van der Waals surface area (Å²) in [5, 5.41) is 6.42. The van der Waals surface area contributed by atoms with Crippen LogP contribution in [0.25, 0.3) is 11.5 Å². The molecule has 3 rings (SSSR count). The molecule has 7 heteroatoms. The van der Waals surface area contributed by atoms with Gasteiger partial charge in [0.2, 0.25) is 0 Å². The van der Waals surface area contributed by atoms with Crippen molar-refractivity contribution in [3.05, 3.63) is 24.2 Å². The van der Waals surface area contributed by atoms with Crippen molar-refractivity contribution in [3.63, 3.8) is 0 Å². The fourth-order valence-corrected chi connectivity index (χ4v) is 1.44. The van der Waals surface area contributed by atoms with Crippen LogP contribution >= 0.6 is 0 Å². The smallest absolute Gasteiger partial charge is 0.292 e. The van der Waals surface area contributed by atoms with Crippen molar-refractivity contribution in [3.8, 4) is 11.5 Å². The second-order valence-electron chi connectivity index (χ2n) is 4.14. The molecule has 92 valence electrons. The number of anilines is 1. The molecule has 0 saturated heterocycles. The molecule has 7 nitrogen and oxygen atoms in total. The van der Waals surface area contributed by atoms with E-state index in [1.807, 2.05) is 0 Å². The van der Waals surface area contributed by atoms with E-state index in [4.69, 9.17) is 10.3 Å². The monoisotopic (exact) mass is 245 g/mol. The molecule has 3 N–H and O–H groups in total. The van der Waals surface area contributed by atoms with E-state index >= 15 is 0 Å². The molecule has 0 bridgehead atoms. The molecule has 2 aromatic rings. The van der Waals surface area contributed by atoms with Gasteiger partial charge in [-0.25, -0.2) is 4.98 Å². The van der Waals surface area contributed by atoms with Gasteiger partial charge in [0.1, 0.15) is 5.82 Å². The van der Waals surface area contributed by atoms with Crippen molar-refractivity contribution in [2.45, 2.75) is 18.9 Å². The number of nitrogen functional groups attached to an aromatic ring is 1. The van der Waals surface area contributed by atoms with Crippen LogP contribution in [0.2, 0.25) is 0 Å². The van der Waals surface area contributed by atoms with Crippen molar-refractivity contribution in [1.82, 2.24) is 20.4 Å². The second kappa shape index (κ2) is 4.10. The summed E-state index contributed by atoms with van der Waals surface area (Å²) in [4.78, 5) is 19.6. The highest BCUT2D eigenvalue weighted by Crippen LogP contribution is 2.20. The van der Waals surface area contributed by atoms with Gasteiger partial charge in [-0.15, -0.1) is 0 Å². The lowest BCUT2D eigenvalue weighted by Gasteiger charge is -1.96. The third kappa shape index (κ3) is 2.15. The summed E-state index contributed by atoms with van der Waals surface area (Å²) in [5.74, 6) is 0.387. The minimum Gasteiger partial charge on any atom is -0.384 e. The summed E-state index contributed by atoms with van der Waals surface area (Å²) in [5.41, 5.74) is 6.11.